The lowest BCUT2D eigenvalue weighted by molar-refractivity contribution is 0.592. The van der Waals surface area contributed by atoms with E-state index in [1.54, 1.807) is 43.3 Å². The number of rotatable bonds is 3. The van der Waals surface area contributed by atoms with E-state index >= 15 is 0 Å². The van der Waals surface area contributed by atoms with Crippen molar-refractivity contribution in [3.8, 4) is 0 Å². The lowest BCUT2D eigenvalue weighted by atomic mass is 10.1. The zero-order chi connectivity index (χ0) is 16.3. The van der Waals surface area contributed by atoms with Gasteiger partial charge in [0.15, 0.2) is 0 Å². The maximum atomic E-state index is 12.5. The molecule has 0 saturated carbocycles. The van der Waals surface area contributed by atoms with Gasteiger partial charge in [-0.25, -0.2) is 0 Å². The average Bonchev–Trinajstić information content (AvgIpc) is 2.46. The summed E-state index contributed by atoms with van der Waals surface area (Å²) in [6, 6.07) is 14.3. The predicted octanol–water partition coefficient (Wildman–Crippen LogP) is 3.00. The quantitative estimate of drug-likeness (QED) is 0.646. The summed E-state index contributed by atoms with van der Waals surface area (Å²) in [5.41, 5.74) is 2.89. The molecule has 0 N–H and O–H groups in total. The summed E-state index contributed by atoms with van der Waals surface area (Å²) in [5, 5.41) is 0. The Kier molecular flexibility index (Phi) is 4.66. The molecule has 0 aliphatic rings. The minimum absolute atomic E-state index is 0.199. The van der Waals surface area contributed by atoms with Gasteiger partial charge in [-0.1, -0.05) is 47.5 Å². The third-order valence-electron chi connectivity index (χ3n) is 3.26. The SMILES string of the molecule is Cc1ccc(/C(=N/S(=O)(=O)c2ccc(C)cc2)N(C)C)cc1. The number of hydrogen-bond acceptors (Lipinski definition) is 2. The molecule has 0 heterocycles. The van der Waals surface area contributed by atoms with Crippen molar-refractivity contribution in [3.63, 3.8) is 0 Å². The van der Waals surface area contributed by atoms with Gasteiger partial charge in [-0.2, -0.15) is 8.42 Å². The number of amidine groups is 1. The summed E-state index contributed by atoms with van der Waals surface area (Å²) in [4.78, 5) is 1.90. The van der Waals surface area contributed by atoms with Crippen molar-refractivity contribution in [2.75, 3.05) is 14.1 Å². The van der Waals surface area contributed by atoms with Crippen LogP contribution in [0.4, 0.5) is 0 Å². The number of aryl methyl sites for hydroxylation is 2. The summed E-state index contributed by atoms with van der Waals surface area (Å²) in [6.45, 7) is 3.90. The van der Waals surface area contributed by atoms with E-state index in [1.165, 1.54) is 0 Å². The fourth-order valence-corrected chi connectivity index (χ4v) is 3.05. The largest absolute Gasteiger partial charge is 0.362 e. The minimum Gasteiger partial charge on any atom is -0.362 e. The molecule has 2 aromatic rings. The molecule has 2 rings (SSSR count). The molecule has 4 nitrogen and oxygen atoms in total. The number of benzene rings is 2. The molecule has 0 aromatic heterocycles. The third-order valence-corrected chi connectivity index (χ3v) is 4.54. The van der Waals surface area contributed by atoms with Crippen molar-refractivity contribution >= 4 is 15.9 Å². The van der Waals surface area contributed by atoms with E-state index < -0.39 is 10.0 Å². The van der Waals surface area contributed by atoms with Crippen LogP contribution in [0, 0.1) is 13.8 Å². The van der Waals surface area contributed by atoms with Gasteiger partial charge in [0.2, 0.25) is 0 Å². The van der Waals surface area contributed by atoms with Crippen molar-refractivity contribution in [2.24, 2.45) is 4.40 Å². The van der Waals surface area contributed by atoms with Crippen LogP contribution < -0.4 is 0 Å². The van der Waals surface area contributed by atoms with Crippen molar-refractivity contribution in [1.29, 1.82) is 0 Å². The van der Waals surface area contributed by atoms with Crippen LogP contribution in [-0.2, 0) is 10.0 Å². The molecule has 2 aromatic carbocycles. The van der Waals surface area contributed by atoms with Crippen LogP contribution in [0.2, 0.25) is 0 Å². The number of nitrogens with zero attached hydrogens (tertiary/aromatic N) is 2. The van der Waals surface area contributed by atoms with Crippen LogP contribution in [0.5, 0.6) is 0 Å². The molecule has 0 spiro atoms. The van der Waals surface area contributed by atoms with Gasteiger partial charge in [0.25, 0.3) is 10.0 Å². The Labute approximate surface area is 132 Å². The summed E-state index contributed by atoms with van der Waals surface area (Å²) in [7, 11) is -0.171. The van der Waals surface area contributed by atoms with E-state index in [-0.39, 0.29) is 4.90 Å². The molecule has 0 amide bonds. The van der Waals surface area contributed by atoms with E-state index in [0.29, 0.717) is 5.84 Å². The molecule has 5 heteroatoms. The average molecular weight is 316 g/mol. The van der Waals surface area contributed by atoms with Crippen LogP contribution >= 0.6 is 0 Å². The van der Waals surface area contributed by atoms with Gasteiger partial charge >= 0.3 is 0 Å². The van der Waals surface area contributed by atoms with Crippen LogP contribution in [0.25, 0.3) is 0 Å². The first kappa shape index (κ1) is 16.2. The standard InChI is InChI=1S/C17H20N2O2S/c1-13-5-9-15(10-6-13)17(19(3)4)18-22(20,21)16-11-7-14(2)8-12-16/h5-12H,1-4H3/b18-17-. The Balaban J connectivity index is 2.49. The van der Waals surface area contributed by atoms with E-state index in [0.717, 1.165) is 16.7 Å². The molecule has 0 saturated heterocycles. The molecule has 0 aliphatic heterocycles. The topological polar surface area (TPSA) is 49.7 Å². The normalized spacial score (nSPS) is 12.3. The molecular weight excluding hydrogens is 296 g/mol. The second-order valence-corrected chi connectivity index (χ2v) is 7.07. The van der Waals surface area contributed by atoms with E-state index in [1.807, 2.05) is 38.1 Å². The number of hydrogen-bond donors (Lipinski definition) is 0. The molecule has 0 radical (unpaired) electrons. The highest BCUT2D eigenvalue weighted by atomic mass is 32.2. The molecule has 0 fully saturated rings. The Morgan fingerprint density at radius 2 is 1.32 bits per heavy atom. The maximum Gasteiger partial charge on any atom is 0.284 e. The van der Waals surface area contributed by atoms with E-state index in [2.05, 4.69) is 4.40 Å². The second-order valence-electron chi connectivity index (χ2n) is 5.46. The Hall–Kier alpha value is -2.14. The van der Waals surface area contributed by atoms with Crippen LogP contribution in [0.3, 0.4) is 0 Å². The molecular formula is C17H20N2O2S. The van der Waals surface area contributed by atoms with Crippen LogP contribution in [0.15, 0.2) is 57.8 Å². The smallest absolute Gasteiger partial charge is 0.284 e. The maximum absolute atomic E-state index is 12.5. The van der Waals surface area contributed by atoms with E-state index in [9.17, 15) is 8.42 Å². The lowest BCUT2D eigenvalue weighted by Crippen LogP contribution is -2.24. The number of sulfonamides is 1. The molecule has 116 valence electrons. The zero-order valence-corrected chi connectivity index (χ0v) is 14.1. The van der Waals surface area contributed by atoms with E-state index in [4.69, 9.17) is 0 Å². The van der Waals surface area contributed by atoms with Gasteiger partial charge in [0.05, 0.1) is 4.90 Å². The highest BCUT2D eigenvalue weighted by molar-refractivity contribution is 7.90. The molecule has 0 unspecified atom stereocenters. The van der Waals surface area contributed by atoms with Gasteiger partial charge in [0, 0.05) is 19.7 Å². The van der Waals surface area contributed by atoms with Gasteiger partial charge in [-0.15, -0.1) is 4.40 Å². The van der Waals surface area contributed by atoms with Crippen LogP contribution in [-0.4, -0.2) is 33.2 Å². The fourth-order valence-electron chi connectivity index (χ4n) is 1.97. The molecule has 0 atom stereocenters. The monoisotopic (exact) mass is 316 g/mol. The summed E-state index contributed by atoms with van der Waals surface area (Å²) < 4.78 is 29.0. The highest BCUT2D eigenvalue weighted by Crippen LogP contribution is 2.16. The van der Waals surface area contributed by atoms with Crippen molar-refractivity contribution in [2.45, 2.75) is 18.7 Å². The first-order valence-electron chi connectivity index (χ1n) is 6.95. The van der Waals surface area contributed by atoms with Gasteiger partial charge in [0.1, 0.15) is 5.84 Å². The van der Waals surface area contributed by atoms with Crippen molar-refractivity contribution in [1.82, 2.24) is 4.90 Å². The Morgan fingerprint density at radius 3 is 1.77 bits per heavy atom. The first-order chi connectivity index (χ1) is 10.3. The zero-order valence-electron chi connectivity index (χ0n) is 13.2. The summed E-state index contributed by atoms with van der Waals surface area (Å²) in [6.07, 6.45) is 0. The van der Waals surface area contributed by atoms with Gasteiger partial charge < -0.3 is 4.90 Å². The Morgan fingerprint density at radius 1 is 0.864 bits per heavy atom. The third kappa shape index (κ3) is 3.74. The first-order valence-corrected chi connectivity index (χ1v) is 8.39. The Bertz CT molecular complexity index is 774. The second kappa shape index (κ2) is 6.32. The minimum atomic E-state index is -3.73. The molecule has 22 heavy (non-hydrogen) atoms. The van der Waals surface area contributed by atoms with Crippen molar-refractivity contribution < 1.29 is 8.42 Å². The van der Waals surface area contributed by atoms with Gasteiger partial charge in [-0.05, 0) is 26.0 Å². The lowest BCUT2D eigenvalue weighted by Gasteiger charge is -2.16. The van der Waals surface area contributed by atoms with Gasteiger partial charge in [-0.3, -0.25) is 0 Å². The summed E-state index contributed by atoms with van der Waals surface area (Å²) >= 11 is 0. The molecule has 0 bridgehead atoms. The van der Waals surface area contributed by atoms with Crippen molar-refractivity contribution in [3.05, 3.63) is 65.2 Å². The highest BCUT2D eigenvalue weighted by Gasteiger charge is 2.16. The summed E-state index contributed by atoms with van der Waals surface area (Å²) in [5.74, 6) is 0.417. The van der Waals surface area contributed by atoms with Crippen LogP contribution in [0.1, 0.15) is 16.7 Å². The fraction of sp³-hybridized carbons (Fsp3) is 0.235. The molecule has 0 aliphatic carbocycles. The predicted molar refractivity (Wildman–Crippen MR) is 89.8 cm³/mol.